The number of aryl methyl sites for hydroxylation is 1. The van der Waals surface area contributed by atoms with E-state index in [2.05, 4.69) is 20.8 Å². The van der Waals surface area contributed by atoms with E-state index in [1.54, 1.807) is 17.7 Å². The molecule has 0 fully saturated rings. The van der Waals surface area contributed by atoms with Crippen LogP contribution >= 0.6 is 0 Å². The number of nitrogens with one attached hydrogen (secondary N) is 1. The molecule has 0 radical (unpaired) electrons. The zero-order valence-electron chi connectivity index (χ0n) is 12.3. The van der Waals surface area contributed by atoms with Crippen molar-refractivity contribution in [2.75, 3.05) is 0 Å². The summed E-state index contributed by atoms with van der Waals surface area (Å²) in [5.41, 5.74) is 5.45. The minimum absolute atomic E-state index is 0.297. The first-order valence-corrected chi connectivity index (χ1v) is 6.81. The molecule has 7 heteroatoms. The summed E-state index contributed by atoms with van der Waals surface area (Å²) in [6, 6.07) is 9.29. The van der Waals surface area contributed by atoms with Gasteiger partial charge in [-0.25, -0.2) is 10.1 Å². The van der Waals surface area contributed by atoms with Crippen LogP contribution in [0.4, 0.5) is 0 Å². The van der Waals surface area contributed by atoms with Crippen LogP contribution < -0.4 is 5.43 Å². The standard InChI is InChI=1S/C15H15N5O2/c1-10(16-18-15(21)12-7-8-22-11(12)2)9-20-14-6-4-3-5-13(14)17-19-20/h3-8H,9H2,1-2H3,(H,18,21)/b16-10+. The first kappa shape index (κ1) is 14.0. The molecular formula is C15H15N5O2. The largest absolute Gasteiger partial charge is 0.469 e. The third kappa shape index (κ3) is 2.73. The lowest BCUT2D eigenvalue weighted by Crippen LogP contribution is -2.21. The van der Waals surface area contributed by atoms with E-state index in [-0.39, 0.29) is 5.91 Å². The molecule has 0 aliphatic carbocycles. The average molecular weight is 297 g/mol. The molecule has 0 aliphatic heterocycles. The Bertz CT molecular complexity index is 846. The fourth-order valence-corrected chi connectivity index (χ4v) is 2.11. The summed E-state index contributed by atoms with van der Waals surface area (Å²) in [7, 11) is 0. The Morgan fingerprint density at radius 2 is 2.18 bits per heavy atom. The fraction of sp³-hybridized carbons (Fsp3) is 0.200. The number of hydrogen-bond acceptors (Lipinski definition) is 5. The summed E-state index contributed by atoms with van der Waals surface area (Å²) in [4.78, 5) is 11.9. The normalized spacial score (nSPS) is 11.8. The summed E-state index contributed by atoms with van der Waals surface area (Å²) in [5.74, 6) is 0.265. The highest BCUT2D eigenvalue weighted by molar-refractivity contribution is 5.96. The van der Waals surface area contributed by atoms with Crippen LogP contribution in [0.2, 0.25) is 0 Å². The van der Waals surface area contributed by atoms with Crippen LogP contribution in [0.15, 0.2) is 46.1 Å². The van der Waals surface area contributed by atoms with Gasteiger partial charge in [-0.05, 0) is 32.0 Å². The minimum atomic E-state index is -0.297. The van der Waals surface area contributed by atoms with E-state index < -0.39 is 0 Å². The zero-order chi connectivity index (χ0) is 15.5. The maximum absolute atomic E-state index is 11.9. The Morgan fingerprint density at radius 1 is 1.36 bits per heavy atom. The second-order valence-electron chi connectivity index (χ2n) is 4.91. The molecule has 0 bridgehead atoms. The molecule has 22 heavy (non-hydrogen) atoms. The SMILES string of the molecule is C/C(Cn1nnc2ccccc21)=N\NC(=O)c1ccoc1C. The van der Waals surface area contributed by atoms with E-state index in [1.165, 1.54) is 6.26 Å². The number of rotatable bonds is 4. The van der Waals surface area contributed by atoms with Crippen molar-refractivity contribution >= 4 is 22.7 Å². The Balaban J connectivity index is 1.70. The van der Waals surface area contributed by atoms with Gasteiger partial charge in [0.1, 0.15) is 11.3 Å². The van der Waals surface area contributed by atoms with Crippen molar-refractivity contribution in [3.05, 3.63) is 47.9 Å². The number of furan rings is 1. The number of nitrogens with zero attached hydrogens (tertiary/aromatic N) is 4. The predicted octanol–water partition coefficient (Wildman–Crippen LogP) is 2.14. The number of benzene rings is 1. The number of fused-ring (bicyclic) bond motifs is 1. The second kappa shape index (κ2) is 5.80. The van der Waals surface area contributed by atoms with E-state index in [9.17, 15) is 4.79 Å². The molecule has 0 atom stereocenters. The van der Waals surface area contributed by atoms with Crippen LogP contribution in [0.25, 0.3) is 11.0 Å². The number of amides is 1. The van der Waals surface area contributed by atoms with Crippen LogP contribution in [-0.2, 0) is 6.54 Å². The monoisotopic (exact) mass is 297 g/mol. The molecular weight excluding hydrogens is 282 g/mol. The van der Waals surface area contributed by atoms with E-state index >= 15 is 0 Å². The van der Waals surface area contributed by atoms with Crippen LogP contribution in [0.3, 0.4) is 0 Å². The van der Waals surface area contributed by atoms with Gasteiger partial charge in [-0.2, -0.15) is 5.10 Å². The summed E-state index contributed by atoms with van der Waals surface area (Å²) in [6.07, 6.45) is 1.47. The maximum Gasteiger partial charge on any atom is 0.274 e. The van der Waals surface area contributed by atoms with Crippen molar-refractivity contribution in [1.82, 2.24) is 20.4 Å². The minimum Gasteiger partial charge on any atom is -0.469 e. The van der Waals surface area contributed by atoms with Gasteiger partial charge < -0.3 is 4.42 Å². The van der Waals surface area contributed by atoms with Gasteiger partial charge in [-0.15, -0.1) is 5.10 Å². The molecule has 0 unspecified atom stereocenters. The van der Waals surface area contributed by atoms with Gasteiger partial charge >= 0.3 is 0 Å². The van der Waals surface area contributed by atoms with E-state index in [0.717, 1.165) is 11.0 Å². The van der Waals surface area contributed by atoms with Crippen molar-refractivity contribution in [2.24, 2.45) is 5.10 Å². The van der Waals surface area contributed by atoms with Gasteiger partial charge in [0, 0.05) is 0 Å². The van der Waals surface area contributed by atoms with Gasteiger partial charge in [0.25, 0.3) is 5.91 Å². The van der Waals surface area contributed by atoms with Gasteiger partial charge in [0.05, 0.1) is 29.6 Å². The summed E-state index contributed by atoms with van der Waals surface area (Å²) >= 11 is 0. The molecule has 3 rings (SSSR count). The predicted molar refractivity (Wildman–Crippen MR) is 81.5 cm³/mol. The lowest BCUT2D eigenvalue weighted by molar-refractivity contribution is 0.0953. The number of hydrazone groups is 1. The Morgan fingerprint density at radius 3 is 2.95 bits per heavy atom. The Kier molecular flexibility index (Phi) is 3.69. The van der Waals surface area contributed by atoms with Crippen LogP contribution in [0.5, 0.6) is 0 Å². The molecule has 0 aliphatic rings. The molecule has 3 aromatic rings. The highest BCUT2D eigenvalue weighted by Crippen LogP contribution is 2.10. The fourth-order valence-electron chi connectivity index (χ4n) is 2.11. The summed E-state index contributed by atoms with van der Waals surface area (Å²) in [5, 5.41) is 12.3. The average Bonchev–Trinajstić information content (AvgIpc) is 3.12. The first-order valence-electron chi connectivity index (χ1n) is 6.81. The van der Waals surface area contributed by atoms with E-state index in [4.69, 9.17) is 4.42 Å². The number of carbonyl (C=O) groups is 1. The number of carbonyl (C=O) groups excluding carboxylic acids is 1. The molecule has 1 N–H and O–H groups in total. The van der Waals surface area contributed by atoms with E-state index in [1.807, 2.05) is 31.2 Å². The summed E-state index contributed by atoms with van der Waals surface area (Å²) < 4.78 is 6.83. The topological polar surface area (TPSA) is 85.3 Å². The third-order valence-corrected chi connectivity index (χ3v) is 3.25. The van der Waals surface area contributed by atoms with Gasteiger partial charge in [-0.1, -0.05) is 17.3 Å². The van der Waals surface area contributed by atoms with Crippen LogP contribution in [0, 0.1) is 6.92 Å². The van der Waals surface area contributed by atoms with Gasteiger partial charge in [0.2, 0.25) is 0 Å². The number of para-hydroxylation sites is 1. The smallest absolute Gasteiger partial charge is 0.274 e. The van der Waals surface area contributed by atoms with Crippen molar-refractivity contribution < 1.29 is 9.21 Å². The Hall–Kier alpha value is -2.96. The lowest BCUT2D eigenvalue weighted by Gasteiger charge is -2.03. The lowest BCUT2D eigenvalue weighted by atomic mass is 10.2. The molecule has 112 valence electrons. The zero-order valence-corrected chi connectivity index (χ0v) is 12.3. The quantitative estimate of drug-likeness (QED) is 0.590. The molecule has 7 nitrogen and oxygen atoms in total. The van der Waals surface area contributed by atoms with Gasteiger partial charge in [0.15, 0.2) is 0 Å². The van der Waals surface area contributed by atoms with Crippen molar-refractivity contribution in [3.63, 3.8) is 0 Å². The van der Waals surface area contributed by atoms with Crippen molar-refractivity contribution in [3.8, 4) is 0 Å². The Labute approximate surface area is 126 Å². The van der Waals surface area contributed by atoms with E-state index in [0.29, 0.717) is 23.6 Å². The first-order chi connectivity index (χ1) is 10.6. The van der Waals surface area contributed by atoms with Crippen LogP contribution in [0.1, 0.15) is 23.0 Å². The second-order valence-corrected chi connectivity index (χ2v) is 4.91. The molecule has 1 aromatic carbocycles. The number of hydrogen-bond donors (Lipinski definition) is 1. The maximum atomic E-state index is 11.9. The molecule has 0 spiro atoms. The highest BCUT2D eigenvalue weighted by Gasteiger charge is 2.10. The third-order valence-electron chi connectivity index (χ3n) is 3.25. The van der Waals surface area contributed by atoms with Crippen LogP contribution in [-0.4, -0.2) is 26.6 Å². The molecule has 0 saturated heterocycles. The highest BCUT2D eigenvalue weighted by atomic mass is 16.3. The van der Waals surface area contributed by atoms with Crippen molar-refractivity contribution in [1.29, 1.82) is 0 Å². The summed E-state index contributed by atoms with van der Waals surface area (Å²) in [6.45, 7) is 4.00. The van der Waals surface area contributed by atoms with Gasteiger partial charge in [-0.3, -0.25) is 4.79 Å². The molecule has 2 heterocycles. The molecule has 0 saturated carbocycles. The number of aromatic nitrogens is 3. The molecule has 1 amide bonds. The van der Waals surface area contributed by atoms with Crippen molar-refractivity contribution in [2.45, 2.75) is 20.4 Å². The molecule has 2 aromatic heterocycles.